The minimum absolute atomic E-state index is 0.105. The third-order valence-electron chi connectivity index (χ3n) is 6.38. The van der Waals surface area contributed by atoms with Gasteiger partial charge in [0, 0.05) is 56.1 Å². The van der Waals surface area contributed by atoms with Crippen LogP contribution in [0.15, 0.2) is 24.3 Å². The SMILES string of the molecule is CCC(C)C(C)N(CC(=O)N1CCN(c2ccc([N+](=O)[O-])cc2)CC1)C1CC1. The van der Waals surface area contributed by atoms with E-state index in [1.165, 1.54) is 25.0 Å². The summed E-state index contributed by atoms with van der Waals surface area (Å²) < 4.78 is 0. The zero-order valence-corrected chi connectivity index (χ0v) is 17.2. The van der Waals surface area contributed by atoms with Gasteiger partial charge in [-0.05, 0) is 37.8 Å². The lowest BCUT2D eigenvalue weighted by molar-refractivity contribution is -0.384. The molecule has 1 heterocycles. The van der Waals surface area contributed by atoms with Crippen LogP contribution < -0.4 is 4.90 Å². The highest BCUT2D eigenvalue weighted by Gasteiger charge is 2.36. The number of rotatable bonds is 8. The van der Waals surface area contributed by atoms with E-state index in [9.17, 15) is 14.9 Å². The molecule has 0 spiro atoms. The summed E-state index contributed by atoms with van der Waals surface area (Å²) in [6.07, 6.45) is 3.55. The first-order chi connectivity index (χ1) is 13.4. The molecule has 1 saturated heterocycles. The van der Waals surface area contributed by atoms with Crippen molar-refractivity contribution >= 4 is 17.3 Å². The van der Waals surface area contributed by atoms with Gasteiger partial charge in [0.2, 0.25) is 5.91 Å². The van der Waals surface area contributed by atoms with Crippen LogP contribution in [0.4, 0.5) is 11.4 Å². The van der Waals surface area contributed by atoms with Gasteiger partial charge in [-0.1, -0.05) is 20.3 Å². The highest BCUT2D eigenvalue weighted by atomic mass is 16.6. The number of nitrogens with zero attached hydrogens (tertiary/aromatic N) is 4. The lowest BCUT2D eigenvalue weighted by atomic mass is 9.99. The maximum Gasteiger partial charge on any atom is 0.269 e. The van der Waals surface area contributed by atoms with Crippen LogP contribution in [0.5, 0.6) is 0 Å². The smallest absolute Gasteiger partial charge is 0.269 e. The first-order valence-electron chi connectivity index (χ1n) is 10.4. The molecule has 7 nitrogen and oxygen atoms in total. The van der Waals surface area contributed by atoms with Gasteiger partial charge >= 0.3 is 0 Å². The van der Waals surface area contributed by atoms with E-state index >= 15 is 0 Å². The van der Waals surface area contributed by atoms with E-state index in [2.05, 4.69) is 30.6 Å². The third-order valence-corrected chi connectivity index (χ3v) is 6.38. The number of anilines is 1. The first-order valence-corrected chi connectivity index (χ1v) is 10.4. The summed E-state index contributed by atoms with van der Waals surface area (Å²) in [5, 5.41) is 10.8. The molecule has 1 aliphatic carbocycles. The fourth-order valence-corrected chi connectivity index (χ4v) is 3.94. The number of nitro benzene ring substituents is 1. The summed E-state index contributed by atoms with van der Waals surface area (Å²) in [5.41, 5.74) is 1.08. The molecule has 1 saturated carbocycles. The van der Waals surface area contributed by atoms with Gasteiger partial charge in [-0.2, -0.15) is 0 Å². The lowest BCUT2D eigenvalue weighted by Crippen LogP contribution is -2.53. The Hall–Kier alpha value is -2.15. The number of non-ortho nitro benzene ring substituents is 1. The predicted molar refractivity (Wildman–Crippen MR) is 111 cm³/mol. The molecule has 2 unspecified atom stereocenters. The number of nitro groups is 1. The molecule has 0 radical (unpaired) electrons. The maximum atomic E-state index is 12.9. The van der Waals surface area contributed by atoms with Crippen LogP contribution >= 0.6 is 0 Å². The van der Waals surface area contributed by atoms with E-state index in [0.717, 1.165) is 25.2 Å². The van der Waals surface area contributed by atoms with Crippen LogP contribution in [-0.4, -0.2) is 65.4 Å². The Morgan fingerprint density at radius 1 is 1.18 bits per heavy atom. The molecule has 2 fully saturated rings. The van der Waals surface area contributed by atoms with Gasteiger partial charge < -0.3 is 9.80 Å². The highest BCUT2D eigenvalue weighted by Crippen LogP contribution is 2.31. The molecule has 0 aromatic heterocycles. The first kappa shape index (κ1) is 20.6. The van der Waals surface area contributed by atoms with Gasteiger partial charge in [0.15, 0.2) is 0 Å². The van der Waals surface area contributed by atoms with Gasteiger partial charge in [-0.15, -0.1) is 0 Å². The fraction of sp³-hybridized carbons (Fsp3) is 0.667. The molecule has 0 N–H and O–H groups in total. The number of amides is 1. The second-order valence-corrected chi connectivity index (χ2v) is 8.17. The zero-order valence-electron chi connectivity index (χ0n) is 17.2. The normalized spacial score (nSPS) is 19.6. The molecule has 0 bridgehead atoms. The van der Waals surface area contributed by atoms with Crippen molar-refractivity contribution in [3.05, 3.63) is 34.4 Å². The van der Waals surface area contributed by atoms with E-state index in [4.69, 9.17) is 0 Å². The van der Waals surface area contributed by atoms with Crippen molar-refractivity contribution in [3.63, 3.8) is 0 Å². The third kappa shape index (κ3) is 4.82. The molecule has 1 aromatic rings. The Balaban J connectivity index is 1.53. The topological polar surface area (TPSA) is 69.9 Å². The Kier molecular flexibility index (Phi) is 6.54. The Morgan fingerprint density at radius 3 is 2.29 bits per heavy atom. The van der Waals surface area contributed by atoms with Crippen molar-refractivity contribution in [1.29, 1.82) is 0 Å². The van der Waals surface area contributed by atoms with Crippen LogP contribution in [0.1, 0.15) is 40.0 Å². The van der Waals surface area contributed by atoms with Gasteiger partial charge in [0.05, 0.1) is 11.5 Å². The van der Waals surface area contributed by atoms with Gasteiger partial charge in [-0.3, -0.25) is 19.8 Å². The summed E-state index contributed by atoms with van der Waals surface area (Å²) in [7, 11) is 0. The zero-order chi connectivity index (χ0) is 20.3. The molecular weight excluding hydrogens is 356 g/mol. The monoisotopic (exact) mass is 388 g/mol. The van der Waals surface area contributed by atoms with Gasteiger partial charge in [-0.25, -0.2) is 0 Å². The average molecular weight is 389 g/mol. The van der Waals surface area contributed by atoms with Crippen molar-refractivity contribution in [3.8, 4) is 0 Å². The average Bonchev–Trinajstić information content (AvgIpc) is 3.56. The standard InChI is InChI=1S/C21H32N4O3/c1-4-16(2)17(3)24(19-7-8-19)15-21(26)23-13-11-22(12-14-23)18-5-9-20(10-6-18)25(27)28/h5-6,9-10,16-17,19H,4,7-8,11-15H2,1-3H3. The van der Waals surface area contributed by atoms with E-state index in [1.54, 1.807) is 12.1 Å². The number of hydrogen-bond donors (Lipinski definition) is 0. The Bertz CT molecular complexity index is 681. The van der Waals surface area contributed by atoms with Crippen molar-refractivity contribution in [2.24, 2.45) is 5.92 Å². The number of hydrogen-bond acceptors (Lipinski definition) is 5. The molecular formula is C21H32N4O3. The van der Waals surface area contributed by atoms with Crippen molar-refractivity contribution in [2.75, 3.05) is 37.6 Å². The lowest BCUT2D eigenvalue weighted by Gasteiger charge is -2.38. The van der Waals surface area contributed by atoms with Crippen molar-refractivity contribution in [2.45, 2.75) is 52.1 Å². The summed E-state index contributed by atoms with van der Waals surface area (Å²) in [4.78, 5) is 29.9. The fourth-order valence-electron chi connectivity index (χ4n) is 3.94. The van der Waals surface area contributed by atoms with Crippen LogP contribution in [0, 0.1) is 16.0 Å². The minimum Gasteiger partial charge on any atom is -0.368 e. The van der Waals surface area contributed by atoms with E-state index in [-0.39, 0.29) is 16.5 Å². The van der Waals surface area contributed by atoms with Gasteiger partial charge in [0.1, 0.15) is 0 Å². The van der Waals surface area contributed by atoms with E-state index in [1.807, 2.05) is 4.90 Å². The van der Waals surface area contributed by atoms with E-state index in [0.29, 0.717) is 37.6 Å². The minimum atomic E-state index is -0.383. The summed E-state index contributed by atoms with van der Waals surface area (Å²) in [6.45, 7) is 10.2. The van der Waals surface area contributed by atoms with Crippen LogP contribution in [0.25, 0.3) is 0 Å². The van der Waals surface area contributed by atoms with E-state index < -0.39 is 0 Å². The number of carbonyl (C=O) groups excluding carboxylic acids is 1. The van der Waals surface area contributed by atoms with Crippen LogP contribution in [0.2, 0.25) is 0 Å². The maximum absolute atomic E-state index is 12.9. The van der Waals surface area contributed by atoms with Crippen LogP contribution in [-0.2, 0) is 4.79 Å². The second-order valence-electron chi connectivity index (χ2n) is 8.17. The molecule has 1 aliphatic heterocycles. The summed E-state index contributed by atoms with van der Waals surface area (Å²) in [5.74, 6) is 0.817. The molecule has 1 aromatic carbocycles. The largest absolute Gasteiger partial charge is 0.368 e. The molecule has 2 atom stereocenters. The van der Waals surface area contributed by atoms with Gasteiger partial charge in [0.25, 0.3) is 5.69 Å². The second kappa shape index (κ2) is 8.90. The number of benzene rings is 1. The highest BCUT2D eigenvalue weighted by molar-refractivity contribution is 5.78. The Labute approximate surface area is 167 Å². The molecule has 2 aliphatic rings. The predicted octanol–water partition coefficient (Wildman–Crippen LogP) is 3.14. The molecule has 28 heavy (non-hydrogen) atoms. The summed E-state index contributed by atoms with van der Waals surface area (Å²) in [6, 6.07) is 7.67. The van der Waals surface area contributed by atoms with Crippen LogP contribution in [0.3, 0.4) is 0 Å². The molecule has 7 heteroatoms. The van der Waals surface area contributed by atoms with Crippen molar-refractivity contribution < 1.29 is 9.72 Å². The number of piperazine rings is 1. The number of carbonyl (C=O) groups is 1. The quantitative estimate of drug-likeness (QED) is 0.505. The molecule has 154 valence electrons. The summed E-state index contributed by atoms with van der Waals surface area (Å²) >= 11 is 0. The Morgan fingerprint density at radius 2 is 1.79 bits per heavy atom. The molecule has 1 amide bonds. The van der Waals surface area contributed by atoms with Crippen molar-refractivity contribution in [1.82, 2.24) is 9.80 Å². The molecule has 3 rings (SSSR count).